The number of urea groups is 1. The minimum Gasteiger partial charge on any atom is -0.335 e. The molecule has 104 valence electrons. The van der Waals surface area contributed by atoms with Crippen LogP contribution in [0.4, 0.5) is 4.79 Å². The Bertz CT molecular complexity index is 450. The lowest BCUT2D eigenvalue weighted by atomic mass is 10.2. The van der Waals surface area contributed by atoms with Crippen LogP contribution in [-0.4, -0.2) is 39.8 Å². The number of hydrogen-bond acceptors (Lipinski definition) is 2. The van der Waals surface area contributed by atoms with Crippen molar-refractivity contribution in [2.45, 2.75) is 51.1 Å². The van der Waals surface area contributed by atoms with Crippen molar-refractivity contribution < 1.29 is 4.79 Å². The topological polar surface area (TPSA) is 50.2 Å². The van der Waals surface area contributed by atoms with Crippen molar-refractivity contribution in [3.8, 4) is 0 Å². The van der Waals surface area contributed by atoms with Crippen molar-refractivity contribution in [2.24, 2.45) is 0 Å². The van der Waals surface area contributed by atoms with Crippen molar-refractivity contribution in [1.82, 2.24) is 20.0 Å². The first kappa shape index (κ1) is 12.5. The number of hydrogen-bond donors (Lipinski definition) is 1. The first-order chi connectivity index (χ1) is 9.22. The van der Waals surface area contributed by atoms with Gasteiger partial charge < -0.3 is 10.2 Å². The van der Waals surface area contributed by atoms with Crippen LogP contribution in [0.25, 0.3) is 0 Å². The first-order valence-electron chi connectivity index (χ1n) is 7.28. The predicted octanol–water partition coefficient (Wildman–Crippen LogP) is 2.09. The van der Waals surface area contributed by atoms with Gasteiger partial charge in [-0.3, -0.25) is 4.68 Å². The van der Waals surface area contributed by atoms with E-state index in [9.17, 15) is 4.79 Å². The zero-order valence-electron chi connectivity index (χ0n) is 11.5. The van der Waals surface area contributed by atoms with Gasteiger partial charge in [-0.1, -0.05) is 12.8 Å². The molecule has 5 nitrogen and oxygen atoms in total. The normalized spacial score (nSPS) is 24.1. The van der Waals surface area contributed by atoms with Gasteiger partial charge in [-0.05, 0) is 31.7 Å². The third-order valence-electron chi connectivity index (χ3n) is 4.24. The average Bonchev–Trinajstić information content (AvgIpc) is 3.07. The molecule has 2 aliphatic rings. The highest BCUT2D eigenvalue weighted by Gasteiger charge is 2.29. The SMILES string of the molecule is Cc1cnn(C2CCN(C(=O)NC3CCCC3)C2)c1. The van der Waals surface area contributed by atoms with Gasteiger partial charge in [0.1, 0.15) is 0 Å². The second kappa shape index (κ2) is 5.23. The maximum absolute atomic E-state index is 12.2. The van der Waals surface area contributed by atoms with Crippen LogP contribution in [0.2, 0.25) is 0 Å². The van der Waals surface area contributed by atoms with E-state index in [1.54, 1.807) is 0 Å². The standard InChI is InChI=1S/C14H22N4O/c1-11-8-15-18(9-11)13-6-7-17(10-13)14(19)16-12-4-2-3-5-12/h8-9,12-13H,2-7,10H2,1H3,(H,16,19). The fourth-order valence-corrected chi connectivity index (χ4v) is 3.11. The molecule has 1 unspecified atom stereocenters. The van der Waals surface area contributed by atoms with Crippen LogP contribution in [-0.2, 0) is 0 Å². The Morgan fingerprint density at radius 2 is 2.16 bits per heavy atom. The van der Waals surface area contributed by atoms with Crippen molar-refractivity contribution >= 4 is 6.03 Å². The number of nitrogens with one attached hydrogen (secondary N) is 1. The lowest BCUT2D eigenvalue weighted by Gasteiger charge is -2.20. The third kappa shape index (κ3) is 2.74. The van der Waals surface area contributed by atoms with Gasteiger partial charge in [0.2, 0.25) is 0 Å². The van der Waals surface area contributed by atoms with Crippen molar-refractivity contribution in [1.29, 1.82) is 0 Å². The lowest BCUT2D eigenvalue weighted by Crippen LogP contribution is -2.43. The number of carbonyl (C=O) groups is 1. The Morgan fingerprint density at radius 1 is 1.37 bits per heavy atom. The Hall–Kier alpha value is -1.52. The van der Waals surface area contributed by atoms with E-state index in [0.29, 0.717) is 12.1 Å². The molecule has 5 heteroatoms. The number of aromatic nitrogens is 2. The molecule has 1 aliphatic heterocycles. The van der Waals surface area contributed by atoms with E-state index in [1.807, 2.05) is 22.7 Å². The van der Waals surface area contributed by atoms with Crippen LogP contribution >= 0.6 is 0 Å². The molecule has 3 rings (SSSR count). The highest BCUT2D eigenvalue weighted by Crippen LogP contribution is 2.22. The molecule has 1 saturated heterocycles. The smallest absolute Gasteiger partial charge is 0.317 e. The summed E-state index contributed by atoms with van der Waals surface area (Å²) in [6, 6.07) is 0.847. The zero-order chi connectivity index (χ0) is 13.2. The molecule has 1 aromatic heterocycles. The van der Waals surface area contributed by atoms with Crippen molar-refractivity contribution in [3.63, 3.8) is 0 Å². The summed E-state index contributed by atoms with van der Waals surface area (Å²) in [6.07, 6.45) is 9.71. The highest BCUT2D eigenvalue weighted by molar-refractivity contribution is 5.74. The van der Waals surface area contributed by atoms with E-state index in [2.05, 4.69) is 16.6 Å². The molecular formula is C14H22N4O. The van der Waals surface area contributed by atoms with E-state index >= 15 is 0 Å². The highest BCUT2D eigenvalue weighted by atomic mass is 16.2. The largest absolute Gasteiger partial charge is 0.335 e. The molecule has 1 aliphatic carbocycles. The van der Waals surface area contributed by atoms with Gasteiger partial charge in [-0.25, -0.2) is 4.79 Å². The number of nitrogens with zero attached hydrogens (tertiary/aromatic N) is 3. The summed E-state index contributed by atoms with van der Waals surface area (Å²) in [5.41, 5.74) is 1.17. The van der Waals surface area contributed by atoms with E-state index < -0.39 is 0 Å². The summed E-state index contributed by atoms with van der Waals surface area (Å²) in [5, 5.41) is 7.51. The minimum atomic E-state index is 0.110. The van der Waals surface area contributed by atoms with E-state index in [0.717, 1.165) is 32.4 Å². The average molecular weight is 262 g/mol. The molecule has 0 radical (unpaired) electrons. The minimum absolute atomic E-state index is 0.110. The van der Waals surface area contributed by atoms with Crippen molar-refractivity contribution in [2.75, 3.05) is 13.1 Å². The molecule has 1 N–H and O–H groups in total. The second-order valence-corrected chi connectivity index (χ2v) is 5.82. The second-order valence-electron chi connectivity index (χ2n) is 5.82. The first-order valence-corrected chi connectivity index (χ1v) is 7.28. The maximum Gasteiger partial charge on any atom is 0.317 e. The van der Waals surface area contributed by atoms with Gasteiger partial charge in [0.15, 0.2) is 0 Å². The summed E-state index contributed by atoms with van der Waals surface area (Å²) in [5.74, 6) is 0. The summed E-state index contributed by atoms with van der Waals surface area (Å²) >= 11 is 0. The summed E-state index contributed by atoms with van der Waals surface area (Å²) in [6.45, 7) is 3.66. The van der Waals surface area contributed by atoms with Crippen LogP contribution in [0, 0.1) is 6.92 Å². The number of amides is 2. The fraction of sp³-hybridized carbons (Fsp3) is 0.714. The Labute approximate surface area is 114 Å². The molecule has 0 bridgehead atoms. The summed E-state index contributed by atoms with van der Waals surface area (Å²) < 4.78 is 2.00. The molecule has 2 heterocycles. The van der Waals surface area contributed by atoms with E-state index in [1.165, 1.54) is 18.4 Å². The van der Waals surface area contributed by atoms with Gasteiger partial charge in [-0.15, -0.1) is 0 Å². The van der Waals surface area contributed by atoms with Crippen LogP contribution in [0.5, 0.6) is 0 Å². The van der Waals surface area contributed by atoms with E-state index in [4.69, 9.17) is 0 Å². The summed E-state index contributed by atoms with van der Waals surface area (Å²) in [7, 11) is 0. The van der Waals surface area contributed by atoms with Gasteiger partial charge in [0.25, 0.3) is 0 Å². The monoisotopic (exact) mass is 262 g/mol. The Morgan fingerprint density at radius 3 is 2.84 bits per heavy atom. The predicted molar refractivity (Wildman–Crippen MR) is 73.0 cm³/mol. The third-order valence-corrected chi connectivity index (χ3v) is 4.24. The van der Waals surface area contributed by atoms with Gasteiger partial charge in [0.05, 0.1) is 12.2 Å². The quantitative estimate of drug-likeness (QED) is 0.887. The molecule has 0 aromatic carbocycles. The van der Waals surface area contributed by atoms with Gasteiger partial charge >= 0.3 is 6.03 Å². The molecule has 0 spiro atoms. The Balaban J connectivity index is 1.54. The molecular weight excluding hydrogens is 240 g/mol. The lowest BCUT2D eigenvalue weighted by molar-refractivity contribution is 0.202. The molecule has 2 fully saturated rings. The van der Waals surface area contributed by atoms with Crippen LogP contribution < -0.4 is 5.32 Å². The van der Waals surface area contributed by atoms with Crippen molar-refractivity contribution in [3.05, 3.63) is 18.0 Å². The molecule has 1 aromatic rings. The van der Waals surface area contributed by atoms with Gasteiger partial charge in [0, 0.05) is 25.3 Å². The summed E-state index contributed by atoms with van der Waals surface area (Å²) in [4.78, 5) is 14.1. The number of aryl methyl sites for hydroxylation is 1. The van der Waals surface area contributed by atoms with Crippen LogP contribution in [0.1, 0.15) is 43.7 Å². The van der Waals surface area contributed by atoms with Crippen LogP contribution in [0.3, 0.4) is 0 Å². The Kier molecular flexibility index (Phi) is 3.44. The molecule has 19 heavy (non-hydrogen) atoms. The molecule has 1 saturated carbocycles. The number of likely N-dealkylation sites (tertiary alicyclic amines) is 1. The fourth-order valence-electron chi connectivity index (χ4n) is 3.11. The molecule has 1 atom stereocenters. The number of carbonyl (C=O) groups excluding carboxylic acids is 1. The van der Waals surface area contributed by atoms with Crippen LogP contribution in [0.15, 0.2) is 12.4 Å². The zero-order valence-corrected chi connectivity index (χ0v) is 11.5. The van der Waals surface area contributed by atoms with Gasteiger partial charge in [-0.2, -0.15) is 5.10 Å². The number of rotatable bonds is 2. The van der Waals surface area contributed by atoms with E-state index in [-0.39, 0.29) is 6.03 Å². The maximum atomic E-state index is 12.2. The molecule has 2 amide bonds.